The zero-order chi connectivity index (χ0) is 14.2. The molecule has 0 amide bonds. The molecule has 4 nitrogen and oxygen atoms in total. The summed E-state index contributed by atoms with van der Waals surface area (Å²) in [6.45, 7) is 3.98. The third-order valence-electron chi connectivity index (χ3n) is 3.19. The predicted octanol–water partition coefficient (Wildman–Crippen LogP) is 3.19. The summed E-state index contributed by atoms with van der Waals surface area (Å²) in [6, 6.07) is 3.90. The summed E-state index contributed by atoms with van der Waals surface area (Å²) in [5.41, 5.74) is 15.6. The summed E-state index contributed by atoms with van der Waals surface area (Å²) >= 11 is 6.29. The first-order valence-electron chi connectivity index (χ1n) is 5.81. The molecule has 1 aromatic carbocycles. The van der Waals surface area contributed by atoms with E-state index in [2.05, 4.69) is 4.98 Å². The lowest BCUT2D eigenvalue weighted by Crippen LogP contribution is -2.01. The predicted molar refractivity (Wildman–Crippen MR) is 79.5 cm³/mol. The first-order valence-corrected chi connectivity index (χ1v) is 6.19. The summed E-state index contributed by atoms with van der Waals surface area (Å²) in [4.78, 5) is 4.08. The second-order valence-corrected chi connectivity index (χ2v) is 4.75. The number of ether oxygens (including phenoxy) is 1. The topological polar surface area (TPSA) is 74.2 Å². The van der Waals surface area contributed by atoms with Crippen molar-refractivity contribution in [3.05, 3.63) is 34.5 Å². The maximum atomic E-state index is 6.29. The molecule has 0 atom stereocenters. The van der Waals surface area contributed by atoms with Gasteiger partial charge >= 0.3 is 0 Å². The molecule has 100 valence electrons. The normalized spacial score (nSPS) is 10.5. The number of hydrogen-bond donors (Lipinski definition) is 2. The van der Waals surface area contributed by atoms with Crippen LogP contribution in [-0.2, 0) is 0 Å². The number of nitrogens with zero attached hydrogens (tertiary/aromatic N) is 1. The van der Waals surface area contributed by atoms with Crippen LogP contribution >= 0.6 is 11.6 Å². The Morgan fingerprint density at radius 1 is 1.21 bits per heavy atom. The van der Waals surface area contributed by atoms with Crippen LogP contribution < -0.4 is 16.2 Å². The van der Waals surface area contributed by atoms with Crippen molar-refractivity contribution in [2.24, 2.45) is 0 Å². The van der Waals surface area contributed by atoms with E-state index in [0.717, 1.165) is 28.0 Å². The number of anilines is 2. The van der Waals surface area contributed by atoms with Crippen LogP contribution in [0.4, 0.5) is 11.5 Å². The molecule has 4 N–H and O–H groups in total. The number of benzene rings is 1. The van der Waals surface area contributed by atoms with Gasteiger partial charge in [0.25, 0.3) is 0 Å². The van der Waals surface area contributed by atoms with E-state index in [1.807, 2.05) is 26.0 Å². The number of aryl methyl sites for hydroxylation is 1. The fourth-order valence-corrected chi connectivity index (χ4v) is 2.40. The van der Waals surface area contributed by atoms with Crippen LogP contribution in [0, 0.1) is 13.8 Å². The molecule has 0 aliphatic heterocycles. The molecule has 0 aliphatic carbocycles. The Morgan fingerprint density at radius 2 is 1.89 bits per heavy atom. The smallest absolute Gasteiger partial charge is 0.148 e. The Hall–Kier alpha value is -1.94. The average Bonchev–Trinajstić information content (AvgIpc) is 2.39. The zero-order valence-corrected chi connectivity index (χ0v) is 11.9. The summed E-state index contributed by atoms with van der Waals surface area (Å²) in [7, 11) is 1.64. The number of rotatable bonds is 2. The van der Waals surface area contributed by atoms with Crippen LogP contribution in [0.2, 0.25) is 5.02 Å². The number of hydrogen-bond acceptors (Lipinski definition) is 4. The third-order valence-corrected chi connectivity index (χ3v) is 3.60. The number of aromatic nitrogens is 1. The lowest BCUT2D eigenvalue weighted by atomic mass is 9.96. The molecule has 1 aromatic heterocycles. The van der Waals surface area contributed by atoms with E-state index < -0.39 is 0 Å². The first kappa shape index (κ1) is 13.5. The van der Waals surface area contributed by atoms with Crippen molar-refractivity contribution < 1.29 is 4.74 Å². The molecule has 0 unspecified atom stereocenters. The average molecular weight is 278 g/mol. The molecule has 1 heterocycles. The number of methoxy groups -OCH3 is 1. The van der Waals surface area contributed by atoms with Crippen molar-refractivity contribution in [2.75, 3.05) is 18.6 Å². The van der Waals surface area contributed by atoms with Crippen LogP contribution in [0.3, 0.4) is 0 Å². The van der Waals surface area contributed by atoms with Gasteiger partial charge in [-0.2, -0.15) is 0 Å². The number of pyridine rings is 1. The fourth-order valence-electron chi connectivity index (χ4n) is 2.16. The van der Waals surface area contributed by atoms with Gasteiger partial charge in [0.2, 0.25) is 0 Å². The van der Waals surface area contributed by atoms with Crippen molar-refractivity contribution >= 4 is 23.1 Å². The van der Waals surface area contributed by atoms with Crippen molar-refractivity contribution in [1.82, 2.24) is 4.98 Å². The summed E-state index contributed by atoms with van der Waals surface area (Å²) in [5.74, 6) is 1.04. The second kappa shape index (κ2) is 4.97. The first-order chi connectivity index (χ1) is 8.97. The zero-order valence-electron chi connectivity index (χ0n) is 11.1. The monoisotopic (exact) mass is 277 g/mol. The molecule has 0 spiro atoms. The Bertz CT molecular complexity index is 641. The maximum Gasteiger partial charge on any atom is 0.148 e. The van der Waals surface area contributed by atoms with Crippen molar-refractivity contribution in [2.45, 2.75) is 13.8 Å². The number of halogens is 1. The van der Waals surface area contributed by atoms with E-state index in [4.69, 9.17) is 27.8 Å². The molecule has 0 fully saturated rings. The van der Waals surface area contributed by atoms with E-state index >= 15 is 0 Å². The summed E-state index contributed by atoms with van der Waals surface area (Å²) < 4.78 is 5.34. The van der Waals surface area contributed by atoms with Gasteiger partial charge in [-0.1, -0.05) is 17.7 Å². The SMILES string of the molecule is COc1ccc(C)c(-c2cnc(N)c(N)c2Cl)c1C. The van der Waals surface area contributed by atoms with E-state index in [9.17, 15) is 0 Å². The maximum absolute atomic E-state index is 6.29. The Morgan fingerprint density at radius 3 is 2.53 bits per heavy atom. The van der Waals surface area contributed by atoms with Gasteiger partial charge in [-0.05, 0) is 36.6 Å². The lowest BCUT2D eigenvalue weighted by Gasteiger charge is -2.16. The van der Waals surface area contributed by atoms with Gasteiger partial charge < -0.3 is 16.2 Å². The molecular weight excluding hydrogens is 262 g/mol. The highest BCUT2D eigenvalue weighted by molar-refractivity contribution is 6.36. The third kappa shape index (κ3) is 2.19. The molecule has 5 heteroatoms. The Balaban J connectivity index is 2.76. The number of nitrogen functional groups attached to an aromatic ring is 2. The Labute approximate surface area is 117 Å². The molecular formula is C14H16ClN3O. The van der Waals surface area contributed by atoms with Crippen molar-refractivity contribution in [3.63, 3.8) is 0 Å². The van der Waals surface area contributed by atoms with Crippen LogP contribution in [0.25, 0.3) is 11.1 Å². The number of nitrogens with two attached hydrogens (primary N) is 2. The standard InChI is InChI=1S/C14H16ClN3O/c1-7-4-5-10(19-3)8(2)11(7)9-6-18-14(17)13(16)12(9)15/h4-6H,16H2,1-3H3,(H2,17,18). The van der Waals surface area contributed by atoms with Gasteiger partial charge in [0.1, 0.15) is 11.6 Å². The molecule has 0 saturated heterocycles. The second-order valence-electron chi connectivity index (χ2n) is 4.37. The van der Waals surface area contributed by atoms with Gasteiger partial charge in [0.05, 0.1) is 17.8 Å². The Kier molecular flexibility index (Phi) is 3.53. The van der Waals surface area contributed by atoms with Gasteiger partial charge in [0, 0.05) is 11.8 Å². The van der Waals surface area contributed by atoms with Crippen molar-refractivity contribution in [3.8, 4) is 16.9 Å². The van der Waals surface area contributed by atoms with Gasteiger partial charge in [-0.3, -0.25) is 0 Å². The van der Waals surface area contributed by atoms with Crippen molar-refractivity contribution in [1.29, 1.82) is 0 Å². The van der Waals surface area contributed by atoms with Gasteiger partial charge in [-0.25, -0.2) is 4.98 Å². The minimum absolute atomic E-state index is 0.243. The molecule has 2 aromatic rings. The van der Waals surface area contributed by atoms with Gasteiger partial charge in [0.15, 0.2) is 0 Å². The van der Waals surface area contributed by atoms with E-state index in [1.54, 1.807) is 13.3 Å². The molecule has 2 rings (SSSR count). The summed E-state index contributed by atoms with van der Waals surface area (Å²) in [6.07, 6.45) is 1.64. The van der Waals surface area contributed by atoms with E-state index in [0.29, 0.717) is 10.7 Å². The molecule has 0 saturated carbocycles. The molecule has 0 radical (unpaired) electrons. The highest BCUT2D eigenvalue weighted by Gasteiger charge is 2.16. The highest BCUT2D eigenvalue weighted by atomic mass is 35.5. The van der Waals surface area contributed by atoms with E-state index in [1.165, 1.54) is 0 Å². The highest BCUT2D eigenvalue weighted by Crippen LogP contribution is 2.39. The van der Waals surface area contributed by atoms with Crippen LogP contribution in [0.15, 0.2) is 18.3 Å². The lowest BCUT2D eigenvalue weighted by molar-refractivity contribution is 0.412. The minimum atomic E-state index is 0.243. The van der Waals surface area contributed by atoms with Crippen LogP contribution in [0.1, 0.15) is 11.1 Å². The van der Waals surface area contributed by atoms with Crippen LogP contribution in [-0.4, -0.2) is 12.1 Å². The molecule has 0 bridgehead atoms. The fraction of sp³-hybridized carbons (Fsp3) is 0.214. The summed E-state index contributed by atoms with van der Waals surface area (Å²) in [5, 5.41) is 0.423. The minimum Gasteiger partial charge on any atom is -0.496 e. The van der Waals surface area contributed by atoms with E-state index in [-0.39, 0.29) is 5.82 Å². The largest absolute Gasteiger partial charge is 0.496 e. The molecule has 19 heavy (non-hydrogen) atoms. The molecule has 0 aliphatic rings. The van der Waals surface area contributed by atoms with Gasteiger partial charge in [-0.15, -0.1) is 0 Å². The van der Waals surface area contributed by atoms with Crippen LogP contribution in [0.5, 0.6) is 5.75 Å². The quantitative estimate of drug-likeness (QED) is 0.884.